The fourth-order valence-electron chi connectivity index (χ4n) is 1.88. The summed E-state index contributed by atoms with van der Waals surface area (Å²) >= 11 is 0. The van der Waals surface area contributed by atoms with Crippen molar-refractivity contribution in [2.24, 2.45) is 0 Å². The van der Waals surface area contributed by atoms with Gasteiger partial charge in [0.2, 0.25) is 11.6 Å². The predicted octanol–water partition coefficient (Wildman–Crippen LogP) is 2.32. The van der Waals surface area contributed by atoms with Crippen LogP contribution >= 0.6 is 0 Å². The molecule has 2 aromatic rings. The van der Waals surface area contributed by atoms with Gasteiger partial charge in [-0.1, -0.05) is 18.2 Å². The maximum atomic E-state index is 11.2. The van der Waals surface area contributed by atoms with Crippen LogP contribution in [0, 0.1) is 10.1 Å². The lowest BCUT2D eigenvalue weighted by Crippen LogP contribution is -2.06. The van der Waals surface area contributed by atoms with Crippen molar-refractivity contribution in [1.29, 1.82) is 0 Å². The Labute approximate surface area is 121 Å². The number of rotatable bonds is 6. The fraction of sp³-hybridized carbons (Fsp3) is 0.231. The molecule has 1 aromatic heterocycles. The van der Waals surface area contributed by atoms with Crippen molar-refractivity contribution in [3.8, 4) is 0 Å². The van der Waals surface area contributed by atoms with Crippen LogP contribution < -0.4 is 10.6 Å². The lowest BCUT2D eigenvalue weighted by molar-refractivity contribution is -0.383. The van der Waals surface area contributed by atoms with E-state index >= 15 is 0 Å². The van der Waals surface area contributed by atoms with Crippen LogP contribution in [0.3, 0.4) is 0 Å². The topological polar surface area (TPSA) is 102 Å². The molecule has 2 N–H and O–H groups in total. The SMILES string of the molecule is CNc1ncnc(Nc2ccccc2COC)c1[N+](=O)[O-]. The molecule has 0 spiro atoms. The standard InChI is InChI=1S/C13H15N5O3/c1-14-12-11(18(19)20)13(16-8-15-12)17-10-6-4-3-5-9(10)7-21-2/h3-6,8H,7H2,1-2H3,(H2,14,15,16,17). The monoisotopic (exact) mass is 289 g/mol. The third-order valence-corrected chi connectivity index (χ3v) is 2.81. The van der Waals surface area contributed by atoms with Gasteiger partial charge >= 0.3 is 5.69 Å². The maximum Gasteiger partial charge on any atom is 0.353 e. The van der Waals surface area contributed by atoms with Gasteiger partial charge in [-0.3, -0.25) is 10.1 Å². The van der Waals surface area contributed by atoms with Crippen LogP contribution in [0.5, 0.6) is 0 Å². The number of benzene rings is 1. The van der Waals surface area contributed by atoms with Crippen molar-refractivity contribution in [2.45, 2.75) is 6.61 Å². The minimum absolute atomic E-state index is 0.128. The van der Waals surface area contributed by atoms with E-state index in [1.807, 2.05) is 18.2 Å². The third-order valence-electron chi connectivity index (χ3n) is 2.81. The molecule has 0 bridgehead atoms. The zero-order valence-electron chi connectivity index (χ0n) is 11.7. The van der Waals surface area contributed by atoms with Gasteiger partial charge in [0.1, 0.15) is 6.33 Å². The molecule has 8 nitrogen and oxygen atoms in total. The van der Waals surface area contributed by atoms with E-state index in [1.54, 1.807) is 20.2 Å². The molecule has 0 atom stereocenters. The number of hydrogen-bond donors (Lipinski definition) is 2. The molecule has 2 rings (SSSR count). The highest BCUT2D eigenvalue weighted by molar-refractivity contribution is 5.74. The molecular formula is C13H15N5O3. The summed E-state index contributed by atoms with van der Waals surface area (Å²) in [5.74, 6) is 0.282. The van der Waals surface area contributed by atoms with Crippen LogP contribution in [-0.4, -0.2) is 29.0 Å². The highest BCUT2D eigenvalue weighted by Gasteiger charge is 2.22. The lowest BCUT2D eigenvalue weighted by atomic mass is 10.2. The Hall–Kier alpha value is -2.74. The molecule has 0 saturated heterocycles. The van der Waals surface area contributed by atoms with Crippen LogP contribution in [0.25, 0.3) is 0 Å². The van der Waals surface area contributed by atoms with Crippen molar-refractivity contribution in [1.82, 2.24) is 9.97 Å². The minimum Gasteiger partial charge on any atom is -0.380 e. The zero-order valence-corrected chi connectivity index (χ0v) is 11.7. The van der Waals surface area contributed by atoms with Crippen LogP contribution in [0.2, 0.25) is 0 Å². The first-order valence-electron chi connectivity index (χ1n) is 6.18. The number of methoxy groups -OCH3 is 1. The summed E-state index contributed by atoms with van der Waals surface area (Å²) in [6.45, 7) is 0.390. The van der Waals surface area contributed by atoms with Crippen LogP contribution in [0.1, 0.15) is 5.56 Å². The summed E-state index contributed by atoms with van der Waals surface area (Å²) in [5, 5.41) is 16.9. The van der Waals surface area contributed by atoms with E-state index in [1.165, 1.54) is 6.33 Å². The Balaban J connectivity index is 2.42. The van der Waals surface area contributed by atoms with Gasteiger partial charge in [0.05, 0.1) is 11.5 Å². The number of nitro groups is 1. The number of nitrogens with one attached hydrogen (secondary N) is 2. The Bertz CT molecular complexity index is 647. The molecule has 21 heavy (non-hydrogen) atoms. The second-order valence-corrected chi connectivity index (χ2v) is 4.14. The summed E-state index contributed by atoms with van der Waals surface area (Å²) in [6, 6.07) is 7.37. The summed E-state index contributed by atoms with van der Waals surface area (Å²) in [6.07, 6.45) is 1.26. The van der Waals surface area contributed by atoms with Crippen molar-refractivity contribution < 1.29 is 9.66 Å². The molecule has 1 aromatic carbocycles. The zero-order chi connectivity index (χ0) is 15.2. The van der Waals surface area contributed by atoms with Crippen LogP contribution in [-0.2, 0) is 11.3 Å². The number of hydrogen-bond acceptors (Lipinski definition) is 7. The van der Waals surface area contributed by atoms with Gasteiger partial charge in [-0.05, 0) is 6.07 Å². The van der Waals surface area contributed by atoms with Gasteiger partial charge in [0.15, 0.2) is 0 Å². The van der Waals surface area contributed by atoms with Crippen molar-refractivity contribution in [3.05, 3.63) is 46.3 Å². The molecular weight excluding hydrogens is 274 g/mol. The Morgan fingerprint density at radius 1 is 1.29 bits per heavy atom. The first kappa shape index (κ1) is 14.7. The van der Waals surface area contributed by atoms with Crippen molar-refractivity contribution in [3.63, 3.8) is 0 Å². The molecule has 0 unspecified atom stereocenters. The largest absolute Gasteiger partial charge is 0.380 e. The minimum atomic E-state index is -0.521. The summed E-state index contributed by atoms with van der Waals surface area (Å²) in [4.78, 5) is 18.5. The molecule has 8 heteroatoms. The van der Waals surface area contributed by atoms with Gasteiger partial charge in [-0.25, -0.2) is 9.97 Å². The number of anilines is 3. The molecule has 0 aliphatic heterocycles. The quantitative estimate of drug-likeness (QED) is 0.621. The smallest absolute Gasteiger partial charge is 0.353 e. The molecule has 0 fully saturated rings. The molecule has 0 radical (unpaired) electrons. The predicted molar refractivity (Wildman–Crippen MR) is 78.7 cm³/mol. The van der Waals surface area contributed by atoms with Gasteiger partial charge < -0.3 is 15.4 Å². The Morgan fingerprint density at radius 3 is 2.67 bits per heavy atom. The molecule has 0 amide bonds. The van der Waals surface area contributed by atoms with E-state index in [0.717, 1.165) is 5.56 Å². The van der Waals surface area contributed by atoms with E-state index in [2.05, 4.69) is 20.6 Å². The molecule has 1 heterocycles. The van der Waals surface area contributed by atoms with E-state index < -0.39 is 4.92 Å². The van der Waals surface area contributed by atoms with E-state index in [9.17, 15) is 10.1 Å². The number of ether oxygens (including phenoxy) is 1. The normalized spacial score (nSPS) is 10.2. The van der Waals surface area contributed by atoms with Gasteiger partial charge in [-0.15, -0.1) is 0 Å². The first-order chi connectivity index (χ1) is 10.2. The first-order valence-corrected chi connectivity index (χ1v) is 6.18. The Kier molecular flexibility index (Phi) is 4.62. The molecule has 110 valence electrons. The second-order valence-electron chi connectivity index (χ2n) is 4.14. The van der Waals surface area contributed by atoms with Crippen molar-refractivity contribution >= 4 is 23.0 Å². The number of aromatic nitrogens is 2. The number of para-hydroxylation sites is 1. The average molecular weight is 289 g/mol. The van der Waals surface area contributed by atoms with Gasteiger partial charge in [-0.2, -0.15) is 0 Å². The third kappa shape index (κ3) is 3.23. The second kappa shape index (κ2) is 6.62. The van der Waals surface area contributed by atoms with E-state index in [0.29, 0.717) is 12.3 Å². The van der Waals surface area contributed by atoms with Crippen LogP contribution in [0.4, 0.5) is 23.0 Å². The highest BCUT2D eigenvalue weighted by atomic mass is 16.6. The summed E-state index contributed by atoms with van der Waals surface area (Å²) in [7, 11) is 3.15. The molecule has 0 aliphatic carbocycles. The molecule has 0 aliphatic rings. The highest BCUT2D eigenvalue weighted by Crippen LogP contribution is 2.31. The lowest BCUT2D eigenvalue weighted by Gasteiger charge is -2.11. The maximum absolute atomic E-state index is 11.2. The molecule has 0 saturated carbocycles. The average Bonchev–Trinajstić information content (AvgIpc) is 2.49. The fourth-order valence-corrected chi connectivity index (χ4v) is 1.88. The van der Waals surface area contributed by atoms with E-state index in [-0.39, 0.29) is 17.3 Å². The number of nitrogens with zero attached hydrogens (tertiary/aromatic N) is 3. The van der Waals surface area contributed by atoms with Crippen LogP contribution in [0.15, 0.2) is 30.6 Å². The van der Waals surface area contributed by atoms with Gasteiger partial charge in [0, 0.05) is 25.4 Å². The summed E-state index contributed by atoms with van der Waals surface area (Å²) < 4.78 is 5.11. The van der Waals surface area contributed by atoms with Crippen molar-refractivity contribution in [2.75, 3.05) is 24.8 Å². The van der Waals surface area contributed by atoms with E-state index in [4.69, 9.17) is 4.74 Å². The van der Waals surface area contributed by atoms with Gasteiger partial charge in [0.25, 0.3) is 0 Å². The summed E-state index contributed by atoms with van der Waals surface area (Å²) in [5.41, 5.74) is 1.37. The Morgan fingerprint density at radius 2 is 2.00 bits per heavy atom.